The Kier molecular flexibility index (Phi) is 5.95. The summed E-state index contributed by atoms with van der Waals surface area (Å²) in [5.74, 6) is -0.843. The number of halogens is 1. The van der Waals surface area contributed by atoms with Gasteiger partial charge in [-0.3, -0.25) is 9.59 Å². The summed E-state index contributed by atoms with van der Waals surface area (Å²) < 4.78 is 14.9. The zero-order valence-electron chi connectivity index (χ0n) is 21.5. The van der Waals surface area contributed by atoms with Gasteiger partial charge in [-0.1, -0.05) is 36.4 Å². The molecule has 1 saturated carbocycles. The summed E-state index contributed by atoms with van der Waals surface area (Å²) in [7, 11) is 1.55. The Labute approximate surface area is 224 Å². The van der Waals surface area contributed by atoms with Crippen molar-refractivity contribution >= 4 is 17.3 Å². The van der Waals surface area contributed by atoms with Gasteiger partial charge in [0.25, 0.3) is 11.8 Å². The van der Waals surface area contributed by atoms with Crippen LogP contribution >= 0.6 is 0 Å². The van der Waals surface area contributed by atoms with Gasteiger partial charge in [0, 0.05) is 23.7 Å². The smallest absolute Gasteiger partial charge is 0.255 e. The minimum atomic E-state index is -0.375. The maximum Gasteiger partial charge on any atom is 0.255 e. The predicted octanol–water partition coefficient (Wildman–Crippen LogP) is 5.29. The SMILES string of the molecule is CNC(=O)c1c(-c2ccc(F)cc2)nn2ncc(-c3cc(C(=O)NC4(c5ccccc5)CC4)ccc3C)cc12. The molecule has 1 fully saturated rings. The summed E-state index contributed by atoms with van der Waals surface area (Å²) in [6.07, 6.45) is 3.47. The molecule has 2 amide bonds. The Morgan fingerprint density at radius 3 is 2.36 bits per heavy atom. The van der Waals surface area contributed by atoms with E-state index in [1.54, 1.807) is 25.4 Å². The summed E-state index contributed by atoms with van der Waals surface area (Å²) in [6, 6.07) is 23.3. The zero-order chi connectivity index (χ0) is 27.1. The Balaban J connectivity index is 1.39. The molecule has 194 valence electrons. The molecule has 3 aromatic carbocycles. The number of aromatic nitrogens is 3. The highest BCUT2D eigenvalue weighted by atomic mass is 19.1. The molecule has 0 aliphatic heterocycles. The number of amides is 2. The van der Waals surface area contributed by atoms with Gasteiger partial charge in [0.05, 0.1) is 17.3 Å². The van der Waals surface area contributed by atoms with E-state index in [2.05, 4.69) is 20.8 Å². The Bertz CT molecular complexity index is 1720. The summed E-state index contributed by atoms with van der Waals surface area (Å²) in [5, 5.41) is 14.9. The maximum absolute atomic E-state index is 13.5. The van der Waals surface area contributed by atoms with Crippen molar-refractivity contribution in [1.29, 1.82) is 0 Å². The molecule has 0 radical (unpaired) electrons. The van der Waals surface area contributed by atoms with Crippen LogP contribution in [-0.2, 0) is 5.54 Å². The van der Waals surface area contributed by atoms with Crippen LogP contribution in [0.15, 0.2) is 85.1 Å². The van der Waals surface area contributed by atoms with Crippen LogP contribution in [0.1, 0.15) is 44.7 Å². The first-order valence-electron chi connectivity index (χ1n) is 12.7. The molecule has 2 aromatic heterocycles. The number of carbonyl (C=O) groups excluding carboxylic acids is 2. The average molecular weight is 520 g/mol. The Hall–Kier alpha value is -4.85. The number of rotatable bonds is 6. The number of hydrogen-bond acceptors (Lipinski definition) is 4. The molecule has 1 aliphatic rings. The molecule has 0 spiro atoms. The van der Waals surface area contributed by atoms with Crippen LogP contribution in [0.5, 0.6) is 0 Å². The highest BCUT2D eigenvalue weighted by Gasteiger charge is 2.45. The van der Waals surface area contributed by atoms with Crippen LogP contribution in [0.2, 0.25) is 0 Å². The van der Waals surface area contributed by atoms with Crippen molar-refractivity contribution in [2.24, 2.45) is 0 Å². The number of hydrogen-bond donors (Lipinski definition) is 2. The lowest BCUT2D eigenvalue weighted by atomic mass is 9.97. The molecule has 0 atom stereocenters. The van der Waals surface area contributed by atoms with Crippen LogP contribution in [0, 0.1) is 12.7 Å². The van der Waals surface area contributed by atoms with Crippen molar-refractivity contribution in [2.75, 3.05) is 7.05 Å². The molecule has 7 nitrogen and oxygen atoms in total. The number of nitrogens with one attached hydrogen (secondary N) is 2. The molecule has 0 unspecified atom stereocenters. The van der Waals surface area contributed by atoms with E-state index < -0.39 is 0 Å². The van der Waals surface area contributed by atoms with Crippen LogP contribution in [0.25, 0.3) is 27.9 Å². The second kappa shape index (κ2) is 9.47. The zero-order valence-corrected chi connectivity index (χ0v) is 21.5. The third-order valence-corrected chi connectivity index (χ3v) is 7.31. The fourth-order valence-corrected chi connectivity index (χ4v) is 4.98. The van der Waals surface area contributed by atoms with Crippen molar-refractivity contribution in [2.45, 2.75) is 25.3 Å². The highest BCUT2D eigenvalue weighted by molar-refractivity contribution is 6.06. The van der Waals surface area contributed by atoms with E-state index in [1.807, 2.05) is 61.5 Å². The van der Waals surface area contributed by atoms with Gasteiger partial charge in [-0.25, -0.2) is 4.39 Å². The van der Waals surface area contributed by atoms with Gasteiger partial charge in [-0.2, -0.15) is 9.73 Å². The number of nitrogens with zero attached hydrogens (tertiary/aromatic N) is 3. The van der Waals surface area contributed by atoms with Gasteiger partial charge < -0.3 is 10.6 Å². The summed E-state index contributed by atoms with van der Waals surface area (Å²) >= 11 is 0. The Morgan fingerprint density at radius 1 is 0.923 bits per heavy atom. The minimum absolute atomic E-state index is 0.138. The van der Waals surface area contributed by atoms with Crippen molar-refractivity contribution in [3.63, 3.8) is 0 Å². The standard InChI is InChI=1S/C31H26FN5O2/c1-19-8-9-21(29(38)35-31(14-15-31)23-6-4-3-5-7-23)16-25(19)22-17-26-27(30(39)33-2)28(36-37(26)34-18-22)20-10-12-24(32)13-11-20/h3-13,16-18H,14-15H2,1-2H3,(H,33,39)(H,35,38). The van der Waals surface area contributed by atoms with Crippen LogP contribution in [-0.4, -0.2) is 33.7 Å². The lowest BCUT2D eigenvalue weighted by Gasteiger charge is -2.18. The van der Waals surface area contributed by atoms with Crippen molar-refractivity contribution in [3.05, 3.63) is 113 Å². The lowest BCUT2D eigenvalue weighted by molar-refractivity contribution is 0.0929. The topological polar surface area (TPSA) is 88.4 Å². The monoisotopic (exact) mass is 519 g/mol. The highest BCUT2D eigenvalue weighted by Crippen LogP contribution is 2.45. The van der Waals surface area contributed by atoms with E-state index >= 15 is 0 Å². The average Bonchev–Trinajstić information content (AvgIpc) is 3.65. The quantitative estimate of drug-likeness (QED) is 0.319. The van der Waals surface area contributed by atoms with Gasteiger partial charge in [0.1, 0.15) is 17.0 Å². The second-order valence-electron chi connectivity index (χ2n) is 9.86. The van der Waals surface area contributed by atoms with E-state index in [0.717, 1.165) is 35.1 Å². The number of fused-ring (bicyclic) bond motifs is 1. The molecule has 0 saturated heterocycles. The molecule has 2 heterocycles. The molecule has 6 rings (SSSR count). The van der Waals surface area contributed by atoms with Crippen molar-refractivity contribution in [1.82, 2.24) is 25.5 Å². The van der Waals surface area contributed by atoms with E-state index in [4.69, 9.17) is 0 Å². The summed E-state index contributed by atoms with van der Waals surface area (Å²) in [5.41, 5.74) is 5.71. The van der Waals surface area contributed by atoms with Crippen LogP contribution in [0.4, 0.5) is 4.39 Å². The lowest BCUT2D eigenvalue weighted by Crippen LogP contribution is -2.34. The summed E-state index contributed by atoms with van der Waals surface area (Å²) in [6.45, 7) is 1.97. The molecular weight excluding hydrogens is 493 g/mol. The van der Waals surface area contributed by atoms with Crippen molar-refractivity contribution in [3.8, 4) is 22.4 Å². The van der Waals surface area contributed by atoms with Crippen LogP contribution in [0.3, 0.4) is 0 Å². The molecule has 5 aromatic rings. The van der Waals surface area contributed by atoms with Crippen molar-refractivity contribution < 1.29 is 14.0 Å². The van der Waals surface area contributed by atoms with E-state index in [0.29, 0.717) is 27.9 Å². The molecule has 39 heavy (non-hydrogen) atoms. The molecule has 8 heteroatoms. The van der Waals surface area contributed by atoms with Gasteiger partial charge in [0.15, 0.2) is 0 Å². The molecule has 0 bridgehead atoms. The van der Waals surface area contributed by atoms with Gasteiger partial charge in [0.2, 0.25) is 0 Å². The third kappa shape index (κ3) is 4.44. The largest absolute Gasteiger partial charge is 0.355 e. The number of aryl methyl sites for hydroxylation is 1. The fraction of sp³-hybridized carbons (Fsp3) is 0.161. The number of benzene rings is 3. The maximum atomic E-state index is 13.5. The third-order valence-electron chi connectivity index (χ3n) is 7.31. The molecular formula is C31H26FN5O2. The van der Waals surface area contributed by atoms with E-state index in [-0.39, 0.29) is 23.2 Å². The van der Waals surface area contributed by atoms with Gasteiger partial charge in [-0.15, -0.1) is 5.10 Å². The molecule has 2 N–H and O–H groups in total. The normalized spacial score (nSPS) is 13.7. The predicted molar refractivity (Wildman–Crippen MR) is 147 cm³/mol. The summed E-state index contributed by atoms with van der Waals surface area (Å²) in [4.78, 5) is 26.3. The first-order chi connectivity index (χ1) is 18.9. The first-order valence-corrected chi connectivity index (χ1v) is 12.7. The van der Waals surface area contributed by atoms with Gasteiger partial charge >= 0.3 is 0 Å². The number of carbonyl (C=O) groups is 2. The minimum Gasteiger partial charge on any atom is -0.355 e. The van der Waals surface area contributed by atoms with E-state index in [1.165, 1.54) is 16.8 Å². The van der Waals surface area contributed by atoms with Gasteiger partial charge in [-0.05, 0) is 78.9 Å². The fourth-order valence-electron chi connectivity index (χ4n) is 4.98. The van der Waals surface area contributed by atoms with E-state index in [9.17, 15) is 14.0 Å². The molecule has 1 aliphatic carbocycles. The Morgan fingerprint density at radius 2 is 1.67 bits per heavy atom. The second-order valence-corrected chi connectivity index (χ2v) is 9.86. The first kappa shape index (κ1) is 24.5. The van der Waals surface area contributed by atoms with Crippen LogP contribution < -0.4 is 10.6 Å².